The summed E-state index contributed by atoms with van der Waals surface area (Å²) in [5, 5.41) is 20.3. The molecular weight excluding hydrogens is 1810 g/mol. The summed E-state index contributed by atoms with van der Waals surface area (Å²) in [6.45, 7) is 14.1. The van der Waals surface area contributed by atoms with Crippen LogP contribution in [0.4, 0.5) is 0 Å². The second-order valence-corrected chi connectivity index (χ2v) is 47.0. The molecule has 142 heavy (non-hydrogen) atoms. The molecule has 4 unspecified atom stereocenters. The molecule has 0 saturated heterocycles. The lowest BCUT2D eigenvalue weighted by atomic mass is 9.76. The van der Waals surface area contributed by atoms with Crippen molar-refractivity contribution in [3.8, 4) is 130 Å². The molecule has 14 heterocycles. The first kappa shape index (κ1) is 86.0. The Morgan fingerprint density at radius 2 is 0.592 bits per heavy atom. The fraction of sp³-hybridized carbons (Fsp3) is 0.0726. The first-order chi connectivity index (χ1) is 69.5. The molecule has 0 spiro atoms. The average Bonchev–Trinajstić information content (AvgIpc) is 1.52. The number of rotatable bonds is 9. The highest BCUT2D eigenvalue weighted by molar-refractivity contribution is 7.87. The van der Waals surface area contributed by atoms with E-state index < -0.39 is 29.7 Å². The van der Waals surface area contributed by atoms with Crippen molar-refractivity contribution in [1.82, 2.24) is 59.8 Å². The van der Waals surface area contributed by atoms with Crippen LogP contribution in [0.1, 0.15) is 90.8 Å². The third-order valence-corrected chi connectivity index (χ3v) is 40.0. The molecule has 14 nitrogen and oxygen atoms in total. The number of aromatic nitrogens is 12. The van der Waals surface area contributed by atoms with Crippen molar-refractivity contribution in [1.29, 1.82) is 0 Å². The van der Waals surface area contributed by atoms with Gasteiger partial charge in [0.1, 0.15) is 11.0 Å². The van der Waals surface area contributed by atoms with Crippen LogP contribution in [0.5, 0.6) is 0 Å². The molecule has 0 radical (unpaired) electrons. The zero-order chi connectivity index (χ0) is 95.4. The van der Waals surface area contributed by atoms with Gasteiger partial charge in [0.15, 0.2) is 65.3 Å². The Kier molecular flexibility index (Phi) is 20.4. The van der Waals surface area contributed by atoms with E-state index in [1.165, 1.54) is 102 Å². The maximum Gasteiger partial charge on any atom is 0.194 e. The lowest BCUT2D eigenvalue weighted by Gasteiger charge is -2.34. The molecule has 5 aliphatic heterocycles. The molecule has 5 aliphatic rings. The minimum Gasteiger partial charge on any atom is -0.308 e. The van der Waals surface area contributed by atoms with Gasteiger partial charge in [-0.25, -0.2) is 44.9 Å². The molecule has 0 bridgehead atoms. The molecule has 0 fully saturated rings. The van der Waals surface area contributed by atoms with Gasteiger partial charge in [-0.05, 0) is 122 Å². The summed E-state index contributed by atoms with van der Waals surface area (Å²) in [6, 6.07) is 136. The van der Waals surface area contributed by atoms with Crippen molar-refractivity contribution in [2.75, 3.05) is 0 Å². The minimum atomic E-state index is -3.27. The Morgan fingerprint density at radius 3 is 1.13 bits per heavy atom. The molecule has 24 aromatic rings. The number of hydrogen-bond donors (Lipinski definition) is 0. The van der Waals surface area contributed by atoms with E-state index in [-0.39, 0.29) is 22.0 Å². The third kappa shape index (κ3) is 13.7. The third-order valence-electron chi connectivity index (χ3n) is 28.8. The van der Waals surface area contributed by atoms with Crippen LogP contribution in [-0.4, -0.2) is 65.6 Å². The number of pyridine rings is 3. The van der Waals surface area contributed by atoms with Crippen LogP contribution in [0.15, 0.2) is 413 Å². The standard InChI is InChI=1S/2C36H26N3P.C33H19N4O2P.C19H15N2P/c1-36(2)28-18-10-12-20-31(28)40-30-19-11-9-17-26(30)27-21-25(22-29(36)32(27)40)35-38-33(23-13-5-3-6-14-23)37-34(39-35)24-15-7-4-8-16-24;1-36(2)28-18-11-17-27-26-16-9-10-19-30(26)40(32(27)28)31-21-20-25(22-29(31)36)35-38-33(23-12-5-3-6-13-23)37-34(39-35)24-14-7-4-8-15-24;38-29-23-14-7-8-15-26(23)40(39)27-16-9-17-34-28(27)24-18-22(19-25(29)30(24)40)33-36-31(20-10-3-1-4-11-20)35-32(37-33)21-12-5-2-6-13-21;1-19(2)12-6-3-4-7-14(12)22-15-8-5-10-20-16(15)17-18(22)13(19)9-11-21-17/h2*3-22H,1-2H3;1-19H;3-11H,1-2H3. The summed E-state index contributed by atoms with van der Waals surface area (Å²) in [6.07, 6.45) is 5.52. The Morgan fingerprint density at radius 1 is 0.232 bits per heavy atom. The van der Waals surface area contributed by atoms with Crippen molar-refractivity contribution >= 4 is 115 Å². The molecule has 18 heteroatoms. The van der Waals surface area contributed by atoms with Crippen LogP contribution in [0.3, 0.4) is 0 Å². The van der Waals surface area contributed by atoms with E-state index in [1.807, 2.05) is 170 Å². The molecule has 674 valence electrons. The van der Waals surface area contributed by atoms with E-state index in [2.05, 4.69) is 269 Å². The topological polar surface area (TPSA) is 189 Å². The quantitative estimate of drug-likeness (QED) is 0.124. The lowest BCUT2D eigenvalue weighted by Crippen LogP contribution is -2.34. The highest BCUT2D eigenvalue weighted by Crippen LogP contribution is 2.68. The summed E-state index contributed by atoms with van der Waals surface area (Å²) in [5.41, 5.74) is 20.9. The van der Waals surface area contributed by atoms with Crippen molar-refractivity contribution in [3.05, 3.63) is 457 Å². The van der Waals surface area contributed by atoms with Crippen molar-refractivity contribution in [2.45, 2.75) is 57.8 Å². The zero-order valence-electron chi connectivity index (χ0n) is 78.2. The molecule has 0 saturated carbocycles. The average molecular weight is 1900 g/mol. The fourth-order valence-corrected chi connectivity index (χ4v) is 35.0. The van der Waals surface area contributed by atoms with Crippen LogP contribution >= 0.6 is 29.7 Å². The monoisotopic (exact) mass is 1900 g/mol. The Labute approximate surface area is 822 Å². The summed E-state index contributed by atoms with van der Waals surface area (Å²) >= 11 is 0. The van der Waals surface area contributed by atoms with E-state index in [0.717, 1.165) is 55.5 Å². The van der Waals surface area contributed by atoms with Gasteiger partial charge in [-0.1, -0.05) is 392 Å². The number of ketones is 1. The normalized spacial score (nSPS) is 14.9. The predicted octanol–water partition coefficient (Wildman–Crippen LogP) is 30.4. The number of carbonyl (C=O) groups is 1. The van der Waals surface area contributed by atoms with E-state index in [4.69, 9.17) is 44.9 Å². The minimum absolute atomic E-state index is 0.0183. The summed E-state index contributed by atoms with van der Waals surface area (Å²) in [5.74, 6) is 5.47. The maximum atomic E-state index is 15.0. The predicted molar refractivity (Wildman–Crippen MR) is 584 cm³/mol. The summed E-state index contributed by atoms with van der Waals surface area (Å²) in [4.78, 5) is 72.3. The van der Waals surface area contributed by atoms with Crippen LogP contribution in [-0.2, 0) is 20.8 Å². The van der Waals surface area contributed by atoms with Gasteiger partial charge in [-0.15, -0.1) is 0 Å². The van der Waals surface area contributed by atoms with Crippen molar-refractivity contribution in [2.24, 2.45) is 0 Å². The van der Waals surface area contributed by atoms with E-state index in [1.54, 1.807) is 30.5 Å². The molecule has 9 aromatic heterocycles. The Bertz CT molecular complexity index is 9220. The van der Waals surface area contributed by atoms with Crippen LogP contribution in [0.25, 0.3) is 193 Å². The molecule has 15 aromatic carbocycles. The fourth-order valence-electron chi connectivity index (χ4n) is 22.0. The number of carbonyl (C=O) groups excluding carboxylic acids is 1. The number of nitrogens with zero attached hydrogens (tertiary/aromatic N) is 12. The first-order valence-electron chi connectivity index (χ1n) is 47.7. The molecule has 0 N–H and O–H groups in total. The molecule has 4 atom stereocenters. The summed E-state index contributed by atoms with van der Waals surface area (Å²) < 4.78 is 15.0. The van der Waals surface area contributed by atoms with Gasteiger partial charge in [0.2, 0.25) is 0 Å². The van der Waals surface area contributed by atoms with Gasteiger partial charge >= 0.3 is 0 Å². The van der Waals surface area contributed by atoms with Gasteiger partial charge in [-0.2, -0.15) is 0 Å². The molecule has 0 amide bonds. The molecule has 29 rings (SSSR count). The van der Waals surface area contributed by atoms with E-state index >= 15 is 0 Å². The zero-order valence-corrected chi connectivity index (χ0v) is 81.8. The van der Waals surface area contributed by atoms with E-state index in [9.17, 15) is 9.36 Å². The Balaban J connectivity index is 0.0000000989. The van der Waals surface area contributed by atoms with Crippen molar-refractivity contribution in [3.63, 3.8) is 0 Å². The van der Waals surface area contributed by atoms with E-state index in [0.29, 0.717) is 96.3 Å². The van der Waals surface area contributed by atoms with Gasteiger partial charge in [-0.3, -0.25) is 19.7 Å². The highest BCUT2D eigenvalue weighted by atomic mass is 31.2. The highest BCUT2D eigenvalue weighted by Gasteiger charge is 2.50. The maximum absolute atomic E-state index is 15.0. The second-order valence-electron chi connectivity index (χ2n) is 38.1. The molecular formula is C124H86N12O2P4. The second kappa shape index (κ2) is 33.7. The number of benzene rings is 15. The smallest absolute Gasteiger partial charge is 0.194 e. The van der Waals surface area contributed by atoms with Gasteiger partial charge in [0.05, 0.1) is 5.69 Å². The number of hydrogen-bond acceptors (Lipinski definition) is 14. The number of fused-ring (bicyclic) bond motifs is 20. The van der Waals surface area contributed by atoms with Gasteiger partial charge in [0, 0.05) is 164 Å². The van der Waals surface area contributed by atoms with Crippen LogP contribution < -0.4 is 15.9 Å². The van der Waals surface area contributed by atoms with Crippen molar-refractivity contribution < 1.29 is 9.36 Å². The lowest BCUT2D eigenvalue weighted by molar-refractivity contribution is 0.104. The molecule has 0 aliphatic carbocycles. The largest absolute Gasteiger partial charge is 0.308 e. The first-order valence-corrected chi connectivity index (χ1v) is 53.4. The van der Waals surface area contributed by atoms with Gasteiger partial charge < -0.3 is 4.57 Å². The summed E-state index contributed by atoms with van der Waals surface area (Å²) in [7, 11) is -4.98. The van der Waals surface area contributed by atoms with Crippen LogP contribution in [0, 0.1) is 0 Å². The van der Waals surface area contributed by atoms with Crippen LogP contribution in [0.2, 0.25) is 0 Å². The Hall–Kier alpha value is -16.4. The van der Waals surface area contributed by atoms with Gasteiger partial charge in [0.25, 0.3) is 0 Å². The SMILES string of the molecule is CC1(C)c2cc(-c3nc(-c4ccccc4)nc(-c4ccccc4)n3)ccc2-p2c3ccccc3c3cccc1c32.CC1(C)c2ccccc2-p2c3ccccc3c3cc(-c4nc(-c5ccccc5)nc(-c5ccccc5)n4)cc1c32.CC1(C)c2ccccc2-p2c3cccnc3c3nccc1c32.O=C1c2ccccc2P2(=O)c3cccnc3-c3cc(-c4nc(-c5ccccc5)nc(-c5ccccc5)n4)cc1c32.